The second-order valence-corrected chi connectivity index (χ2v) is 5.23. The number of anilines is 2. The highest BCUT2D eigenvalue weighted by Gasteiger charge is 2.08. The third kappa shape index (κ3) is 2.48. The SMILES string of the molecule is CNc1cccc(C(=O)Nc2ccc3sccc3c2)n1. The molecule has 3 aromatic rings. The molecule has 0 aliphatic carbocycles. The van der Waals surface area contributed by atoms with Gasteiger partial charge in [0.15, 0.2) is 0 Å². The monoisotopic (exact) mass is 283 g/mol. The van der Waals surface area contributed by atoms with Crippen molar-refractivity contribution in [3.05, 3.63) is 53.5 Å². The molecular weight excluding hydrogens is 270 g/mol. The molecule has 5 heteroatoms. The van der Waals surface area contributed by atoms with E-state index in [-0.39, 0.29) is 5.91 Å². The van der Waals surface area contributed by atoms with Crippen LogP contribution in [0.3, 0.4) is 0 Å². The van der Waals surface area contributed by atoms with E-state index in [9.17, 15) is 4.79 Å². The van der Waals surface area contributed by atoms with Crippen molar-refractivity contribution in [3.63, 3.8) is 0 Å². The number of hydrogen-bond acceptors (Lipinski definition) is 4. The molecule has 0 saturated carbocycles. The Morgan fingerprint density at radius 1 is 1.20 bits per heavy atom. The van der Waals surface area contributed by atoms with Crippen molar-refractivity contribution < 1.29 is 4.79 Å². The fourth-order valence-corrected chi connectivity index (χ4v) is 2.71. The number of nitrogens with one attached hydrogen (secondary N) is 2. The topological polar surface area (TPSA) is 54.0 Å². The van der Waals surface area contributed by atoms with Gasteiger partial charge < -0.3 is 10.6 Å². The van der Waals surface area contributed by atoms with Crippen molar-refractivity contribution in [2.24, 2.45) is 0 Å². The molecule has 0 fully saturated rings. The zero-order chi connectivity index (χ0) is 13.9. The molecule has 0 spiro atoms. The van der Waals surface area contributed by atoms with Gasteiger partial charge in [-0.05, 0) is 47.2 Å². The van der Waals surface area contributed by atoms with Gasteiger partial charge in [-0.25, -0.2) is 4.98 Å². The molecule has 0 aliphatic rings. The Balaban J connectivity index is 1.83. The maximum Gasteiger partial charge on any atom is 0.274 e. The van der Waals surface area contributed by atoms with Crippen LogP contribution in [0.2, 0.25) is 0 Å². The Labute approximate surface area is 120 Å². The Morgan fingerprint density at radius 3 is 2.95 bits per heavy atom. The van der Waals surface area contributed by atoms with Gasteiger partial charge in [0.1, 0.15) is 11.5 Å². The second-order valence-electron chi connectivity index (χ2n) is 4.29. The smallest absolute Gasteiger partial charge is 0.274 e. The highest BCUT2D eigenvalue weighted by atomic mass is 32.1. The Morgan fingerprint density at radius 2 is 2.10 bits per heavy atom. The van der Waals surface area contributed by atoms with Crippen LogP contribution in [0.15, 0.2) is 47.8 Å². The molecule has 0 unspecified atom stereocenters. The van der Waals surface area contributed by atoms with Gasteiger partial charge in [-0.3, -0.25) is 4.79 Å². The highest BCUT2D eigenvalue weighted by Crippen LogP contribution is 2.24. The van der Waals surface area contributed by atoms with Crippen molar-refractivity contribution in [2.45, 2.75) is 0 Å². The molecule has 0 aliphatic heterocycles. The number of benzene rings is 1. The quantitative estimate of drug-likeness (QED) is 0.772. The molecule has 2 heterocycles. The minimum atomic E-state index is -0.211. The van der Waals surface area contributed by atoms with Crippen molar-refractivity contribution in [1.29, 1.82) is 0 Å². The Kier molecular flexibility index (Phi) is 3.35. The van der Waals surface area contributed by atoms with Gasteiger partial charge in [-0.15, -0.1) is 11.3 Å². The van der Waals surface area contributed by atoms with Gasteiger partial charge in [0.25, 0.3) is 5.91 Å². The van der Waals surface area contributed by atoms with Gasteiger partial charge in [0.2, 0.25) is 0 Å². The van der Waals surface area contributed by atoms with Gasteiger partial charge in [-0.2, -0.15) is 0 Å². The van der Waals surface area contributed by atoms with Gasteiger partial charge in [-0.1, -0.05) is 6.07 Å². The fourth-order valence-electron chi connectivity index (χ4n) is 1.94. The number of amides is 1. The van der Waals surface area contributed by atoms with Gasteiger partial charge in [0.05, 0.1) is 0 Å². The molecule has 2 N–H and O–H groups in total. The van der Waals surface area contributed by atoms with E-state index in [0.29, 0.717) is 11.5 Å². The number of thiophene rings is 1. The summed E-state index contributed by atoms with van der Waals surface area (Å²) in [5, 5.41) is 8.95. The van der Waals surface area contributed by atoms with E-state index in [2.05, 4.69) is 15.6 Å². The summed E-state index contributed by atoms with van der Waals surface area (Å²) >= 11 is 1.68. The van der Waals surface area contributed by atoms with E-state index >= 15 is 0 Å². The molecule has 20 heavy (non-hydrogen) atoms. The third-order valence-electron chi connectivity index (χ3n) is 2.95. The van der Waals surface area contributed by atoms with E-state index in [0.717, 1.165) is 11.1 Å². The summed E-state index contributed by atoms with van der Waals surface area (Å²) < 4.78 is 1.21. The van der Waals surface area contributed by atoms with Crippen LogP contribution >= 0.6 is 11.3 Å². The lowest BCUT2D eigenvalue weighted by molar-refractivity contribution is 0.102. The average Bonchev–Trinajstić information content (AvgIpc) is 2.95. The molecule has 100 valence electrons. The van der Waals surface area contributed by atoms with Crippen molar-refractivity contribution in [3.8, 4) is 0 Å². The molecular formula is C15H13N3OS. The van der Waals surface area contributed by atoms with Crippen LogP contribution in [0.5, 0.6) is 0 Å². The van der Waals surface area contributed by atoms with E-state index in [1.807, 2.05) is 35.7 Å². The number of hydrogen-bond donors (Lipinski definition) is 2. The molecule has 1 amide bonds. The summed E-state index contributed by atoms with van der Waals surface area (Å²) in [6.45, 7) is 0. The van der Waals surface area contributed by atoms with E-state index < -0.39 is 0 Å². The van der Waals surface area contributed by atoms with Crippen LogP contribution in [0.1, 0.15) is 10.5 Å². The first-order valence-corrected chi connectivity index (χ1v) is 7.07. The molecule has 0 saturated heterocycles. The van der Waals surface area contributed by atoms with Crippen LogP contribution in [0.25, 0.3) is 10.1 Å². The summed E-state index contributed by atoms with van der Waals surface area (Å²) in [6.07, 6.45) is 0. The number of carbonyl (C=O) groups is 1. The summed E-state index contributed by atoms with van der Waals surface area (Å²) in [4.78, 5) is 16.4. The third-order valence-corrected chi connectivity index (χ3v) is 3.85. The number of rotatable bonds is 3. The first kappa shape index (κ1) is 12.6. The predicted molar refractivity (Wildman–Crippen MR) is 83.6 cm³/mol. The summed E-state index contributed by atoms with van der Waals surface area (Å²) in [5.41, 5.74) is 1.17. The molecule has 0 bridgehead atoms. The summed E-state index contributed by atoms with van der Waals surface area (Å²) in [7, 11) is 1.77. The molecule has 2 aromatic heterocycles. The summed E-state index contributed by atoms with van der Waals surface area (Å²) in [6, 6.07) is 13.2. The Bertz CT molecular complexity index is 766. The highest BCUT2D eigenvalue weighted by molar-refractivity contribution is 7.17. The number of pyridine rings is 1. The number of fused-ring (bicyclic) bond motifs is 1. The first-order valence-electron chi connectivity index (χ1n) is 6.20. The van der Waals surface area contributed by atoms with Crippen LogP contribution in [-0.4, -0.2) is 17.9 Å². The number of nitrogens with zero attached hydrogens (tertiary/aromatic N) is 1. The normalized spacial score (nSPS) is 10.4. The summed E-state index contributed by atoms with van der Waals surface area (Å²) in [5.74, 6) is 0.461. The molecule has 3 rings (SSSR count). The van der Waals surface area contributed by atoms with E-state index in [4.69, 9.17) is 0 Å². The van der Waals surface area contributed by atoms with Gasteiger partial charge >= 0.3 is 0 Å². The fraction of sp³-hybridized carbons (Fsp3) is 0.0667. The standard InChI is InChI=1S/C15H13N3OS/c1-16-14-4-2-3-12(18-14)15(19)17-11-5-6-13-10(9-11)7-8-20-13/h2-9H,1H3,(H,16,18)(H,17,19). The van der Waals surface area contributed by atoms with Crippen molar-refractivity contribution >= 4 is 38.8 Å². The second kappa shape index (κ2) is 5.30. The predicted octanol–water partition coefficient (Wildman–Crippen LogP) is 3.59. The molecule has 0 radical (unpaired) electrons. The minimum absolute atomic E-state index is 0.211. The Hall–Kier alpha value is -2.40. The lowest BCUT2D eigenvalue weighted by atomic mass is 10.2. The minimum Gasteiger partial charge on any atom is -0.373 e. The van der Waals surface area contributed by atoms with Gasteiger partial charge in [0, 0.05) is 17.4 Å². The maximum atomic E-state index is 12.2. The number of aromatic nitrogens is 1. The average molecular weight is 283 g/mol. The van der Waals surface area contributed by atoms with Crippen molar-refractivity contribution in [2.75, 3.05) is 17.7 Å². The van der Waals surface area contributed by atoms with Crippen LogP contribution in [0, 0.1) is 0 Å². The van der Waals surface area contributed by atoms with Crippen molar-refractivity contribution in [1.82, 2.24) is 4.98 Å². The number of carbonyl (C=O) groups excluding carboxylic acids is 1. The first-order chi connectivity index (χ1) is 9.76. The van der Waals surface area contributed by atoms with E-state index in [1.54, 1.807) is 30.5 Å². The maximum absolute atomic E-state index is 12.2. The lowest BCUT2D eigenvalue weighted by Gasteiger charge is -2.06. The molecule has 1 aromatic carbocycles. The lowest BCUT2D eigenvalue weighted by Crippen LogP contribution is -2.14. The van der Waals surface area contributed by atoms with Crippen LogP contribution in [-0.2, 0) is 0 Å². The van der Waals surface area contributed by atoms with Crippen LogP contribution < -0.4 is 10.6 Å². The largest absolute Gasteiger partial charge is 0.373 e. The zero-order valence-corrected chi connectivity index (χ0v) is 11.7. The molecule has 0 atom stereocenters. The van der Waals surface area contributed by atoms with Crippen LogP contribution in [0.4, 0.5) is 11.5 Å². The van der Waals surface area contributed by atoms with E-state index in [1.165, 1.54) is 4.70 Å². The zero-order valence-electron chi connectivity index (χ0n) is 10.9. The molecule has 4 nitrogen and oxygen atoms in total.